The molecule has 3 aromatic rings. The quantitative estimate of drug-likeness (QED) is 0.688. The van der Waals surface area contributed by atoms with Gasteiger partial charge in [0.1, 0.15) is 11.5 Å². The average molecular weight is 385 g/mol. The Kier molecular flexibility index (Phi) is 4.99. The van der Waals surface area contributed by atoms with E-state index in [4.69, 9.17) is 16.0 Å². The Morgan fingerprint density at radius 2 is 2.11 bits per heavy atom. The summed E-state index contributed by atoms with van der Waals surface area (Å²) in [6, 6.07) is 9.47. The lowest BCUT2D eigenvalue weighted by Crippen LogP contribution is -2.40. The van der Waals surface area contributed by atoms with Crippen LogP contribution >= 0.6 is 11.6 Å². The van der Waals surface area contributed by atoms with E-state index < -0.39 is 0 Å². The van der Waals surface area contributed by atoms with Gasteiger partial charge in [-0.25, -0.2) is 4.98 Å². The summed E-state index contributed by atoms with van der Waals surface area (Å²) in [5.74, 6) is 1.66. The molecule has 1 aliphatic heterocycles. The van der Waals surface area contributed by atoms with E-state index in [9.17, 15) is 4.79 Å². The summed E-state index contributed by atoms with van der Waals surface area (Å²) in [6.07, 6.45) is 6.01. The topological polar surface area (TPSA) is 64.2 Å². The van der Waals surface area contributed by atoms with E-state index in [0.29, 0.717) is 24.6 Å². The van der Waals surface area contributed by atoms with Gasteiger partial charge in [0.05, 0.1) is 12.1 Å². The van der Waals surface area contributed by atoms with Gasteiger partial charge in [-0.05, 0) is 36.6 Å². The zero-order valence-electron chi connectivity index (χ0n) is 15.1. The summed E-state index contributed by atoms with van der Waals surface area (Å²) in [5.41, 5.74) is 1.73. The molecule has 0 saturated carbocycles. The first-order chi connectivity index (χ1) is 13.1. The lowest BCUT2D eigenvalue weighted by molar-refractivity contribution is 0.0686. The fourth-order valence-electron chi connectivity index (χ4n) is 3.51. The number of nitrogens with zero attached hydrogens (tertiary/aromatic N) is 4. The molecule has 140 valence electrons. The van der Waals surface area contributed by atoms with Gasteiger partial charge in [0.25, 0.3) is 5.91 Å². The molecule has 27 heavy (non-hydrogen) atoms. The first-order valence-corrected chi connectivity index (χ1v) is 9.44. The van der Waals surface area contributed by atoms with Crippen LogP contribution in [0.15, 0.2) is 47.1 Å². The third-order valence-electron chi connectivity index (χ3n) is 4.96. The monoisotopic (exact) mass is 384 g/mol. The molecule has 0 radical (unpaired) electrons. The predicted molar refractivity (Wildman–Crippen MR) is 102 cm³/mol. The summed E-state index contributed by atoms with van der Waals surface area (Å²) in [6.45, 7) is 1.36. The zero-order chi connectivity index (χ0) is 18.8. The second-order valence-electron chi connectivity index (χ2n) is 6.90. The number of oxazole rings is 1. The highest BCUT2D eigenvalue weighted by atomic mass is 35.5. The largest absolute Gasteiger partial charge is 0.445 e. The minimum absolute atomic E-state index is 0.00708. The highest BCUT2D eigenvalue weighted by Gasteiger charge is 2.29. The maximum atomic E-state index is 12.7. The Hall–Kier alpha value is -2.60. The molecule has 0 N–H and O–H groups in total. The van der Waals surface area contributed by atoms with Crippen LogP contribution in [0.2, 0.25) is 5.02 Å². The molecule has 7 heteroatoms. The van der Waals surface area contributed by atoms with Crippen LogP contribution < -0.4 is 0 Å². The van der Waals surface area contributed by atoms with Gasteiger partial charge < -0.3 is 9.32 Å². The van der Waals surface area contributed by atoms with Crippen LogP contribution in [0.3, 0.4) is 0 Å². The average Bonchev–Trinajstić information content (AvgIpc) is 3.32. The van der Waals surface area contributed by atoms with Crippen LogP contribution in [0.25, 0.3) is 0 Å². The van der Waals surface area contributed by atoms with Gasteiger partial charge in [-0.3, -0.25) is 9.48 Å². The number of hydrogen-bond acceptors (Lipinski definition) is 4. The lowest BCUT2D eigenvalue weighted by Gasteiger charge is -2.31. The first kappa shape index (κ1) is 17.8. The molecule has 1 aromatic carbocycles. The molecule has 1 atom stereocenters. The van der Waals surface area contributed by atoms with Gasteiger partial charge in [0.2, 0.25) is 0 Å². The van der Waals surface area contributed by atoms with E-state index in [2.05, 4.69) is 10.1 Å². The standard InChI is InChI=1S/C20H21ClN4O2/c1-24-18(8-9-23-24)20(26)25-10-2-3-15(13-25)19-22-12-17(27-19)11-14-4-6-16(21)7-5-14/h4-9,12,15H,2-3,10-11,13H2,1H3/t15-/m0/s1. The molecule has 0 unspecified atom stereocenters. The van der Waals surface area contributed by atoms with Crippen molar-refractivity contribution >= 4 is 17.5 Å². The van der Waals surface area contributed by atoms with Gasteiger partial charge in [0, 0.05) is 37.8 Å². The molecule has 0 bridgehead atoms. The van der Waals surface area contributed by atoms with Crippen LogP contribution in [-0.2, 0) is 13.5 Å². The number of aromatic nitrogens is 3. The second kappa shape index (κ2) is 7.56. The van der Waals surface area contributed by atoms with E-state index >= 15 is 0 Å². The number of piperidine rings is 1. The van der Waals surface area contributed by atoms with E-state index in [1.807, 2.05) is 29.2 Å². The number of carbonyl (C=O) groups excluding carboxylic acids is 1. The Bertz CT molecular complexity index is 932. The Labute approximate surface area is 162 Å². The molecular formula is C20H21ClN4O2. The number of benzene rings is 1. The highest BCUT2D eigenvalue weighted by Crippen LogP contribution is 2.28. The van der Waals surface area contributed by atoms with Crippen molar-refractivity contribution in [3.8, 4) is 0 Å². The van der Waals surface area contributed by atoms with Crippen molar-refractivity contribution in [2.45, 2.75) is 25.2 Å². The second-order valence-corrected chi connectivity index (χ2v) is 7.33. The first-order valence-electron chi connectivity index (χ1n) is 9.06. The van der Waals surface area contributed by atoms with Gasteiger partial charge in [-0.15, -0.1) is 0 Å². The maximum absolute atomic E-state index is 12.7. The fourth-order valence-corrected chi connectivity index (χ4v) is 3.63. The van der Waals surface area contributed by atoms with Crippen molar-refractivity contribution in [3.05, 3.63) is 70.7 Å². The van der Waals surface area contributed by atoms with Crippen LogP contribution in [-0.4, -0.2) is 38.7 Å². The summed E-state index contributed by atoms with van der Waals surface area (Å²) in [5, 5.41) is 4.81. The van der Waals surface area contributed by atoms with E-state index in [1.54, 1.807) is 30.2 Å². The molecule has 4 rings (SSSR count). The fraction of sp³-hybridized carbons (Fsp3) is 0.350. The number of hydrogen-bond donors (Lipinski definition) is 0. The van der Waals surface area contributed by atoms with Crippen molar-refractivity contribution in [1.82, 2.24) is 19.7 Å². The Morgan fingerprint density at radius 3 is 2.85 bits per heavy atom. The number of amides is 1. The van der Waals surface area contributed by atoms with Crippen molar-refractivity contribution in [2.24, 2.45) is 7.05 Å². The molecule has 0 spiro atoms. The summed E-state index contributed by atoms with van der Waals surface area (Å²) in [4.78, 5) is 19.1. The Balaban J connectivity index is 1.44. The molecule has 1 amide bonds. The molecule has 0 aliphatic carbocycles. The molecule has 1 aliphatic rings. The molecule has 6 nitrogen and oxygen atoms in total. The number of aryl methyl sites for hydroxylation is 1. The van der Waals surface area contributed by atoms with Gasteiger partial charge in [0.15, 0.2) is 5.89 Å². The van der Waals surface area contributed by atoms with Gasteiger partial charge >= 0.3 is 0 Å². The zero-order valence-corrected chi connectivity index (χ0v) is 15.9. The molecule has 2 aromatic heterocycles. The van der Waals surface area contributed by atoms with E-state index in [-0.39, 0.29) is 11.8 Å². The number of likely N-dealkylation sites (tertiary alicyclic amines) is 1. The highest BCUT2D eigenvalue weighted by molar-refractivity contribution is 6.30. The maximum Gasteiger partial charge on any atom is 0.272 e. The lowest BCUT2D eigenvalue weighted by atomic mass is 9.97. The molecule has 1 saturated heterocycles. The molecule has 1 fully saturated rings. The van der Waals surface area contributed by atoms with Crippen LogP contribution in [0.1, 0.15) is 46.5 Å². The van der Waals surface area contributed by atoms with Crippen molar-refractivity contribution in [3.63, 3.8) is 0 Å². The minimum Gasteiger partial charge on any atom is -0.445 e. The molecule has 3 heterocycles. The van der Waals surface area contributed by atoms with Crippen LogP contribution in [0.4, 0.5) is 0 Å². The van der Waals surface area contributed by atoms with Crippen molar-refractivity contribution in [2.75, 3.05) is 13.1 Å². The van der Waals surface area contributed by atoms with Crippen LogP contribution in [0, 0.1) is 0 Å². The minimum atomic E-state index is 0.00708. The van der Waals surface area contributed by atoms with Gasteiger partial charge in [-0.1, -0.05) is 23.7 Å². The number of halogens is 1. The predicted octanol–water partition coefficient (Wildman–Crippen LogP) is 3.67. The van der Waals surface area contributed by atoms with Crippen molar-refractivity contribution in [1.29, 1.82) is 0 Å². The summed E-state index contributed by atoms with van der Waals surface area (Å²) >= 11 is 5.93. The number of rotatable bonds is 4. The Morgan fingerprint density at radius 1 is 1.30 bits per heavy atom. The summed E-state index contributed by atoms with van der Waals surface area (Å²) in [7, 11) is 1.78. The normalized spacial score (nSPS) is 17.3. The van der Waals surface area contributed by atoms with Crippen molar-refractivity contribution < 1.29 is 9.21 Å². The van der Waals surface area contributed by atoms with E-state index in [1.165, 1.54) is 0 Å². The molecular weight excluding hydrogens is 364 g/mol. The third-order valence-corrected chi connectivity index (χ3v) is 5.21. The smallest absolute Gasteiger partial charge is 0.272 e. The third kappa shape index (κ3) is 3.90. The van der Waals surface area contributed by atoms with E-state index in [0.717, 1.165) is 35.7 Å². The number of carbonyl (C=O) groups is 1. The van der Waals surface area contributed by atoms with Crippen LogP contribution in [0.5, 0.6) is 0 Å². The SMILES string of the molecule is Cn1nccc1C(=O)N1CCC[C@H](c2ncc(Cc3ccc(Cl)cc3)o2)C1. The summed E-state index contributed by atoms with van der Waals surface area (Å²) < 4.78 is 7.61. The van der Waals surface area contributed by atoms with Gasteiger partial charge in [-0.2, -0.15) is 5.10 Å².